The van der Waals surface area contributed by atoms with Gasteiger partial charge < -0.3 is 9.88 Å². The van der Waals surface area contributed by atoms with Crippen LogP contribution >= 0.6 is 0 Å². The zero-order valence-electron chi connectivity index (χ0n) is 18.1. The smallest absolute Gasteiger partial charge is 0.254 e. The number of para-hydroxylation sites is 1. The molecule has 7 nitrogen and oxygen atoms in total. The summed E-state index contributed by atoms with van der Waals surface area (Å²) in [4.78, 5) is 38.4. The van der Waals surface area contributed by atoms with E-state index < -0.39 is 0 Å². The van der Waals surface area contributed by atoms with Crippen molar-refractivity contribution in [2.75, 3.05) is 5.32 Å². The van der Waals surface area contributed by atoms with Gasteiger partial charge in [-0.1, -0.05) is 30.4 Å². The first-order valence-corrected chi connectivity index (χ1v) is 11.2. The lowest BCUT2D eigenvalue weighted by Crippen LogP contribution is -2.28. The van der Waals surface area contributed by atoms with E-state index in [4.69, 9.17) is 0 Å². The topological polar surface area (TPSA) is 83.8 Å². The van der Waals surface area contributed by atoms with Crippen molar-refractivity contribution in [1.82, 2.24) is 9.58 Å². The number of hydrazone groups is 1. The zero-order valence-corrected chi connectivity index (χ0v) is 18.1. The number of rotatable bonds is 5. The molecular formula is C26H21FN4O3. The van der Waals surface area contributed by atoms with E-state index in [0.717, 1.165) is 22.3 Å². The van der Waals surface area contributed by atoms with Gasteiger partial charge in [0.15, 0.2) is 0 Å². The molecule has 1 aliphatic heterocycles. The summed E-state index contributed by atoms with van der Waals surface area (Å²) in [6, 6.07) is 13.1. The predicted molar refractivity (Wildman–Crippen MR) is 124 cm³/mol. The molecule has 170 valence electrons. The SMILES string of the molecule is O=C(Cn1cc(C=NN2C(=O)[C@@H]3[C@H](C2=O)[C@H]2C=C[C@H]3C2)c2ccccc21)Nc1ccc(F)cc1. The fourth-order valence-electron chi connectivity index (χ4n) is 5.52. The van der Waals surface area contributed by atoms with Crippen LogP contribution in [-0.4, -0.2) is 33.5 Å². The molecule has 2 heterocycles. The number of benzene rings is 2. The molecule has 0 unspecified atom stereocenters. The van der Waals surface area contributed by atoms with Crippen LogP contribution in [0.4, 0.5) is 10.1 Å². The molecule has 8 heteroatoms. The first-order valence-electron chi connectivity index (χ1n) is 11.2. The summed E-state index contributed by atoms with van der Waals surface area (Å²) in [5, 5.41) is 8.91. The molecule has 2 bridgehead atoms. The average molecular weight is 456 g/mol. The molecule has 34 heavy (non-hydrogen) atoms. The Balaban J connectivity index is 1.24. The van der Waals surface area contributed by atoms with E-state index in [1.807, 2.05) is 24.3 Å². The Hall–Kier alpha value is -4.07. The van der Waals surface area contributed by atoms with Gasteiger partial charge in [-0.25, -0.2) is 4.39 Å². The normalized spacial score (nSPS) is 25.1. The second-order valence-electron chi connectivity index (χ2n) is 9.02. The van der Waals surface area contributed by atoms with Crippen LogP contribution in [0.15, 0.2) is 72.0 Å². The van der Waals surface area contributed by atoms with Gasteiger partial charge in [0.1, 0.15) is 12.4 Å². The molecule has 3 aliphatic rings. The van der Waals surface area contributed by atoms with Gasteiger partial charge in [0.25, 0.3) is 11.8 Å². The maximum absolute atomic E-state index is 13.1. The molecule has 1 saturated carbocycles. The third-order valence-electron chi connectivity index (χ3n) is 7.02. The predicted octanol–water partition coefficient (Wildman–Crippen LogP) is 3.56. The van der Waals surface area contributed by atoms with Crippen LogP contribution in [0, 0.1) is 29.5 Å². The largest absolute Gasteiger partial charge is 0.337 e. The van der Waals surface area contributed by atoms with Gasteiger partial charge in [-0.15, -0.1) is 0 Å². The standard InChI is InChI=1S/C26H21FN4O3/c27-18-7-9-19(10-8-18)29-22(32)14-30-13-17(20-3-1-2-4-21(20)30)12-28-31-25(33)23-15-5-6-16(11-15)24(23)26(31)34/h1-10,12-13,15-16,23-24H,11,14H2,(H,29,32)/t15-,16-,23-,24+/m0/s1. The van der Waals surface area contributed by atoms with E-state index in [0.29, 0.717) is 11.3 Å². The second kappa shape index (κ2) is 7.76. The highest BCUT2D eigenvalue weighted by molar-refractivity contribution is 6.08. The zero-order chi connectivity index (χ0) is 23.4. The Bertz CT molecular complexity index is 1360. The average Bonchev–Trinajstić information content (AvgIpc) is 3.58. The minimum atomic E-state index is -0.374. The van der Waals surface area contributed by atoms with Gasteiger partial charge in [-0.3, -0.25) is 14.4 Å². The number of hydrogen-bond donors (Lipinski definition) is 1. The van der Waals surface area contributed by atoms with Crippen molar-refractivity contribution in [2.45, 2.75) is 13.0 Å². The monoisotopic (exact) mass is 456 g/mol. The second-order valence-corrected chi connectivity index (χ2v) is 9.02. The number of carbonyl (C=O) groups is 3. The molecule has 1 aromatic heterocycles. The number of anilines is 1. The fraction of sp³-hybridized carbons (Fsp3) is 0.231. The van der Waals surface area contributed by atoms with Crippen LogP contribution in [0.2, 0.25) is 0 Å². The third-order valence-corrected chi connectivity index (χ3v) is 7.02. The first-order chi connectivity index (χ1) is 16.5. The summed E-state index contributed by atoms with van der Waals surface area (Å²) in [5.74, 6) is -1.43. The van der Waals surface area contributed by atoms with Gasteiger partial charge in [-0.2, -0.15) is 10.1 Å². The molecule has 1 N–H and O–H groups in total. The van der Waals surface area contributed by atoms with E-state index >= 15 is 0 Å². The molecule has 0 spiro atoms. The van der Waals surface area contributed by atoms with Gasteiger partial charge >= 0.3 is 0 Å². The summed E-state index contributed by atoms with van der Waals surface area (Å²) in [7, 11) is 0. The molecule has 0 radical (unpaired) electrons. The Morgan fingerprint density at radius 1 is 1.03 bits per heavy atom. The number of imide groups is 1. The van der Waals surface area contributed by atoms with Crippen LogP contribution in [0.5, 0.6) is 0 Å². The molecule has 4 atom stereocenters. The van der Waals surface area contributed by atoms with Crippen molar-refractivity contribution >= 4 is 40.5 Å². The van der Waals surface area contributed by atoms with E-state index in [9.17, 15) is 18.8 Å². The van der Waals surface area contributed by atoms with Crippen LogP contribution in [0.3, 0.4) is 0 Å². The lowest BCUT2D eigenvalue weighted by molar-refractivity contribution is -0.140. The molecule has 1 saturated heterocycles. The molecule has 6 rings (SSSR count). The molecule has 3 amide bonds. The van der Waals surface area contributed by atoms with Crippen LogP contribution in [0.25, 0.3) is 10.9 Å². The summed E-state index contributed by atoms with van der Waals surface area (Å²) in [6.45, 7) is 0.0342. The highest BCUT2D eigenvalue weighted by Crippen LogP contribution is 2.52. The van der Waals surface area contributed by atoms with Crippen molar-refractivity contribution < 1.29 is 18.8 Å². The maximum atomic E-state index is 13.1. The van der Waals surface area contributed by atoms with E-state index in [-0.39, 0.29) is 53.8 Å². The van der Waals surface area contributed by atoms with Crippen LogP contribution in [0.1, 0.15) is 12.0 Å². The van der Waals surface area contributed by atoms with Crippen molar-refractivity contribution in [3.8, 4) is 0 Å². The van der Waals surface area contributed by atoms with Gasteiger partial charge in [-0.05, 0) is 48.6 Å². The lowest BCUT2D eigenvalue weighted by atomic mass is 9.85. The number of amides is 3. The highest BCUT2D eigenvalue weighted by Gasteiger charge is 2.59. The number of carbonyl (C=O) groups excluding carboxylic acids is 3. The quantitative estimate of drug-likeness (QED) is 0.362. The Kier molecular flexibility index (Phi) is 4.69. The van der Waals surface area contributed by atoms with Gasteiger partial charge in [0.2, 0.25) is 5.91 Å². The maximum Gasteiger partial charge on any atom is 0.254 e. The fourth-order valence-corrected chi connectivity index (χ4v) is 5.52. The number of halogens is 1. The van der Waals surface area contributed by atoms with Crippen molar-refractivity contribution in [3.05, 3.63) is 78.3 Å². The number of nitrogens with zero attached hydrogens (tertiary/aromatic N) is 3. The minimum absolute atomic E-state index is 0.0342. The first kappa shape index (κ1) is 20.5. The summed E-state index contributed by atoms with van der Waals surface area (Å²) >= 11 is 0. The number of aromatic nitrogens is 1. The van der Waals surface area contributed by atoms with Crippen molar-refractivity contribution in [2.24, 2.45) is 28.8 Å². The molecule has 2 fully saturated rings. The van der Waals surface area contributed by atoms with E-state index in [1.54, 1.807) is 10.8 Å². The van der Waals surface area contributed by atoms with Crippen molar-refractivity contribution in [3.63, 3.8) is 0 Å². The number of allylic oxidation sites excluding steroid dienone is 2. The minimum Gasteiger partial charge on any atom is -0.337 e. The summed E-state index contributed by atoms with van der Waals surface area (Å²) < 4.78 is 14.9. The Labute approximate surface area is 194 Å². The molecule has 3 aromatic rings. The molecule has 2 aliphatic carbocycles. The van der Waals surface area contributed by atoms with E-state index in [2.05, 4.69) is 22.6 Å². The lowest BCUT2D eigenvalue weighted by Gasteiger charge is -2.13. The Morgan fingerprint density at radius 3 is 2.41 bits per heavy atom. The highest BCUT2D eigenvalue weighted by atomic mass is 19.1. The number of hydrogen-bond acceptors (Lipinski definition) is 4. The molecular weight excluding hydrogens is 435 g/mol. The number of fused-ring (bicyclic) bond motifs is 6. The van der Waals surface area contributed by atoms with E-state index in [1.165, 1.54) is 30.5 Å². The van der Waals surface area contributed by atoms with Crippen LogP contribution in [-0.2, 0) is 20.9 Å². The molecule has 2 aromatic carbocycles. The van der Waals surface area contributed by atoms with Gasteiger partial charge in [0, 0.05) is 28.4 Å². The van der Waals surface area contributed by atoms with Crippen molar-refractivity contribution in [1.29, 1.82) is 0 Å². The summed E-state index contributed by atoms with van der Waals surface area (Å²) in [6.07, 6.45) is 8.26. The third kappa shape index (κ3) is 3.25. The van der Waals surface area contributed by atoms with Gasteiger partial charge in [0.05, 0.1) is 18.1 Å². The number of nitrogens with one attached hydrogen (secondary N) is 1. The summed E-state index contributed by atoms with van der Waals surface area (Å²) in [5.41, 5.74) is 2.02. The Morgan fingerprint density at radius 2 is 1.71 bits per heavy atom. The van der Waals surface area contributed by atoms with Crippen LogP contribution < -0.4 is 5.32 Å².